The van der Waals surface area contributed by atoms with Gasteiger partial charge in [0.2, 0.25) is 17.7 Å². The second-order valence-electron chi connectivity index (χ2n) is 12.7. The van der Waals surface area contributed by atoms with Gasteiger partial charge >= 0.3 is 0 Å². The van der Waals surface area contributed by atoms with Crippen molar-refractivity contribution in [3.8, 4) is 28.5 Å². The van der Waals surface area contributed by atoms with E-state index in [-0.39, 0.29) is 5.91 Å². The fourth-order valence-electron chi connectivity index (χ4n) is 7.31. The highest BCUT2D eigenvalue weighted by molar-refractivity contribution is 6.02. The third-order valence-electron chi connectivity index (χ3n) is 9.79. The fraction of sp³-hybridized carbons (Fsp3) is 0.333. The largest absolute Gasteiger partial charge is 0.494 e. The molecule has 0 spiro atoms. The van der Waals surface area contributed by atoms with E-state index in [0.29, 0.717) is 58.2 Å². The van der Waals surface area contributed by atoms with Crippen LogP contribution in [0.2, 0.25) is 0 Å². The van der Waals surface area contributed by atoms with Gasteiger partial charge in [-0.15, -0.1) is 0 Å². The molecule has 11 heteroatoms. The molecule has 2 N–H and O–H groups in total. The third-order valence-corrected chi connectivity index (χ3v) is 9.79. The van der Waals surface area contributed by atoms with Crippen molar-refractivity contribution in [1.29, 1.82) is 0 Å². The van der Waals surface area contributed by atoms with E-state index in [2.05, 4.69) is 73.0 Å². The van der Waals surface area contributed by atoms with Gasteiger partial charge in [-0.2, -0.15) is 0 Å². The van der Waals surface area contributed by atoms with Crippen molar-refractivity contribution in [1.82, 2.24) is 24.4 Å². The number of methoxy groups -OCH3 is 1. The standard InChI is InChI=1S/C36H38N8O3/c1-4-33(45)39-27-16-28(32(46-3)17-30(27)43-19-22-8-7-14-42(2)31(22)21-43)40-36-38-18-25(35-37-13-15-47-35)34(41-36)26-20-44(23-11-12-23)29-10-6-5-9-24(26)29/h4-6,9-10,13,15-18,20,22-23,31H,1,7-8,11-12,14,19,21H2,2-3H3,(H,39,45)(H,38,40,41)/t22-,31+/m1/s1. The number of carbonyl (C=O) groups is 1. The van der Waals surface area contributed by atoms with Gasteiger partial charge in [0.05, 0.1) is 41.6 Å². The van der Waals surface area contributed by atoms with Crippen molar-refractivity contribution >= 4 is 39.8 Å². The van der Waals surface area contributed by atoms with E-state index in [9.17, 15) is 4.79 Å². The highest BCUT2D eigenvalue weighted by Gasteiger charge is 2.38. The number of aromatic nitrogens is 4. The van der Waals surface area contributed by atoms with E-state index >= 15 is 0 Å². The monoisotopic (exact) mass is 630 g/mol. The Morgan fingerprint density at radius 2 is 1.98 bits per heavy atom. The van der Waals surface area contributed by atoms with E-state index in [1.54, 1.807) is 25.8 Å². The number of rotatable bonds is 9. The number of nitrogens with zero attached hydrogens (tertiary/aromatic N) is 6. The predicted octanol–water partition coefficient (Wildman–Crippen LogP) is 6.50. The number of benzene rings is 2. The number of hydrogen-bond donors (Lipinski definition) is 2. The number of hydrogen-bond acceptors (Lipinski definition) is 9. The summed E-state index contributed by atoms with van der Waals surface area (Å²) < 4.78 is 14.0. The van der Waals surface area contributed by atoms with E-state index in [1.807, 2.05) is 18.2 Å². The van der Waals surface area contributed by atoms with Gasteiger partial charge in [-0.1, -0.05) is 24.8 Å². The Labute approximate surface area is 273 Å². The molecule has 3 aromatic heterocycles. The molecule has 2 saturated heterocycles. The molecular weight excluding hydrogens is 592 g/mol. The van der Waals surface area contributed by atoms with Gasteiger partial charge in [-0.25, -0.2) is 15.0 Å². The average Bonchev–Trinajstić information content (AvgIpc) is 3.45. The minimum Gasteiger partial charge on any atom is -0.494 e. The molecule has 11 nitrogen and oxygen atoms in total. The lowest BCUT2D eigenvalue weighted by Gasteiger charge is -2.33. The molecule has 1 saturated carbocycles. The summed E-state index contributed by atoms with van der Waals surface area (Å²) in [4.78, 5) is 31.6. The number of fused-ring (bicyclic) bond motifs is 2. The highest BCUT2D eigenvalue weighted by Crippen LogP contribution is 2.44. The molecule has 1 amide bonds. The maximum absolute atomic E-state index is 12.6. The quantitative estimate of drug-likeness (QED) is 0.176. The lowest BCUT2D eigenvalue weighted by atomic mass is 9.93. The number of likely N-dealkylation sites (tertiary alicyclic amines) is 1. The molecule has 0 bridgehead atoms. The SMILES string of the molecule is C=CC(=O)Nc1cc(Nc2ncc(-c3ncco3)c(-c3cn(C4CC4)c4ccccc34)n2)c(OC)cc1N1C[C@H]2CCCN(C)[C@H]2C1. The first kappa shape index (κ1) is 29.3. The molecule has 1 aliphatic carbocycles. The van der Waals surface area contributed by atoms with Crippen molar-refractivity contribution in [3.63, 3.8) is 0 Å². The molecule has 2 aromatic carbocycles. The Morgan fingerprint density at radius 3 is 2.74 bits per heavy atom. The number of para-hydroxylation sites is 1. The van der Waals surface area contributed by atoms with Gasteiger partial charge < -0.3 is 34.2 Å². The molecule has 5 heterocycles. The molecule has 240 valence electrons. The number of oxazole rings is 1. The second-order valence-corrected chi connectivity index (χ2v) is 12.7. The van der Waals surface area contributed by atoms with Crippen LogP contribution in [0, 0.1) is 5.92 Å². The summed E-state index contributed by atoms with van der Waals surface area (Å²) in [7, 11) is 3.86. The van der Waals surface area contributed by atoms with Crippen LogP contribution in [0.3, 0.4) is 0 Å². The van der Waals surface area contributed by atoms with Gasteiger partial charge in [0.1, 0.15) is 12.0 Å². The Balaban J connectivity index is 1.20. The third kappa shape index (κ3) is 5.40. The average molecular weight is 631 g/mol. The van der Waals surface area contributed by atoms with Crippen molar-refractivity contribution in [3.05, 3.63) is 73.9 Å². The maximum atomic E-state index is 12.6. The minimum absolute atomic E-state index is 0.281. The van der Waals surface area contributed by atoms with Crippen LogP contribution >= 0.6 is 0 Å². The predicted molar refractivity (Wildman–Crippen MR) is 183 cm³/mol. The fourth-order valence-corrected chi connectivity index (χ4v) is 7.31. The summed E-state index contributed by atoms with van der Waals surface area (Å²) >= 11 is 0. The van der Waals surface area contributed by atoms with Crippen molar-refractivity contribution < 1.29 is 13.9 Å². The smallest absolute Gasteiger partial charge is 0.247 e. The van der Waals surface area contributed by atoms with Gasteiger partial charge in [-0.3, -0.25) is 4.79 Å². The van der Waals surface area contributed by atoms with Crippen molar-refractivity contribution in [2.45, 2.75) is 37.8 Å². The molecule has 3 aliphatic rings. The Hall–Kier alpha value is -5.16. The van der Waals surface area contributed by atoms with Crippen LogP contribution in [0.15, 0.2) is 78.3 Å². The van der Waals surface area contributed by atoms with Gasteiger partial charge in [-0.05, 0) is 63.4 Å². The molecule has 3 fully saturated rings. The first-order valence-electron chi connectivity index (χ1n) is 16.2. The zero-order chi connectivity index (χ0) is 32.1. The Morgan fingerprint density at radius 1 is 1.11 bits per heavy atom. The van der Waals surface area contributed by atoms with Crippen LogP contribution in [0.5, 0.6) is 5.75 Å². The second kappa shape index (κ2) is 11.9. The normalized spacial score (nSPS) is 19.5. The van der Waals surface area contributed by atoms with Crippen LogP contribution < -0.4 is 20.3 Å². The molecule has 5 aromatic rings. The van der Waals surface area contributed by atoms with Gasteiger partial charge in [0.25, 0.3) is 0 Å². The number of carbonyl (C=O) groups excluding carboxylic acids is 1. The van der Waals surface area contributed by atoms with E-state index in [0.717, 1.165) is 49.1 Å². The molecule has 2 atom stereocenters. The number of likely N-dealkylation sites (N-methyl/N-ethyl adjacent to an activating group) is 1. The van der Waals surface area contributed by atoms with Crippen LogP contribution in [0.25, 0.3) is 33.6 Å². The van der Waals surface area contributed by atoms with Crippen molar-refractivity contribution in [2.24, 2.45) is 5.92 Å². The molecule has 8 rings (SSSR count). The molecular formula is C36H38N8O3. The molecule has 2 aliphatic heterocycles. The maximum Gasteiger partial charge on any atom is 0.247 e. The number of piperidine rings is 1. The zero-order valence-corrected chi connectivity index (χ0v) is 26.6. The number of amides is 1. The van der Waals surface area contributed by atoms with Crippen LogP contribution in [0.4, 0.5) is 23.0 Å². The Bertz CT molecular complexity index is 1960. The number of nitrogens with one attached hydrogen (secondary N) is 2. The number of ether oxygens (including phenoxy) is 1. The van der Waals surface area contributed by atoms with Gasteiger partial charge in [0, 0.05) is 60.1 Å². The van der Waals surface area contributed by atoms with Crippen LogP contribution in [-0.2, 0) is 4.79 Å². The van der Waals surface area contributed by atoms with Crippen LogP contribution in [-0.4, -0.2) is 70.2 Å². The first-order valence-corrected chi connectivity index (χ1v) is 16.2. The Kier molecular flexibility index (Phi) is 7.40. The van der Waals surface area contributed by atoms with Crippen molar-refractivity contribution in [2.75, 3.05) is 49.3 Å². The molecule has 47 heavy (non-hydrogen) atoms. The van der Waals surface area contributed by atoms with E-state index in [1.165, 1.54) is 24.4 Å². The van der Waals surface area contributed by atoms with E-state index < -0.39 is 0 Å². The molecule has 0 radical (unpaired) electrons. The van der Waals surface area contributed by atoms with E-state index in [4.69, 9.17) is 14.1 Å². The lowest BCUT2D eigenvalue weighted by molar-refractivity contribution is -0.111. The highest BCUT2D eigenvalue weighted by atomic mass is 16.5. The lowest BCUT2D eigenvalue weighted by Crippen LogP contribution is -2.42. The summed E-state index contributed by atoms with van der Waals surface area (Å²) in [5.74, 6) is 1.74. The summed E-state index contributed by atoms with van der Waals surface area (Å²) in [6, 6.07) is 13.3. The summed E-state index contributed by atoms with van der Waals surface area (Å²) in [5.41, 5.74) is 5.76. The zero-order valence-electron chi connectivity index (χ0n) is 26.6. The van der Waals surface area contributed by atoms with Crippen LogP contribution in [0.1, 0.15) is 31.7 Å². The summed E-state index contributed by atoms with van der Waals surface area (Å²) in [6.07, 6.45) is 13.1. The summed E-state index contributed by atoms with van der Waals surface area (Å²) in [6.45, 7) is 6.59. The topological polar surface area (TPSA) is 114 Å². The molecule has 0 unspecified atom stereocenters. The van der Waals surface area contributed by atoms with Gasteiger partial charge in [0.15, 0.2) is 0 Å². The first-order chi connectivity index (χ1) is 23.0. The number of anilines is 4. The minimum atomic E-state index is -0.281. The summed E-state index contributed by atoms with van der Waals surface area (Å²) in [5, 5.41) is 7.53.